The van der Waals surface area contributed by atoms with Crippen molar-refractivity contribution in [2.75, 3.05) is 14.1 Å². The number of fused-ring (bicyclic) bond motifs is 1. The molecule has 0 fully saturated rings. The lowest BCUT2D eigenvalue weighted by molar-refractivity contribution is -0.133. The van der Waals surface area contributed by atoms with E-state index in [1.807, 2.05) is 20.8 Å². The highest BCUT2D eigenvalue weighted by molar-refractivity contribution is 5.93. The van der Waals surface area contributed by atoms with Crippen molar-refractivity contribution in [3.05, 3.63) is 34.6 Å². The number of nitrogens with zero attached hydrogens (tertiary/aromatic N) is 1. The number of benzene rings is 1. The van der Waals surface area contributed by atoms with Crippen LogP contribution in [-0.2, 0) is 16.0 Å². The molecule has 2 aromatic rings. The first-order chi connectivity index (χ1) is 10.7. The number of aryl methyl sites for hydroxylation is 3. The molecule has 0 spiro atoms. The van der Waals surface area contributed by atoms with Gasteiger partial charge < -0.3 is 14.6 Å². The average molecular weight is 316 g/mol. The van der Waals surface area contributed by atoms with Gasteiger partial charge in [-0.25, -0.2) is 0 Å². The van der Waals surface area contributed by atoms with Crippen molar-refractivity contribution in [2.24, 2.45) is 0 Å². The third-order valence-electron chi connectivity index (χ3n) is 4.17. The molecule has 1 aromatic heterocycles. The Balaban J connectivity index is 2.21. The maximum atomic E-state index is 12.2. The summed E-state index contributed by atoms with van der Waals surface area (Å²) in [5.41, 5.74) is 5.04. The number of likely N-dealkylation sites (N-methyl/N-ethyl adjacent to an activating group) is 1. The number of hydrogen-bond acceptors (Lipinski definition) is 3. The van der Waals surface area contributed by atoms with E-state index < -0.39 is 6.04 Å². The predicted molar refractivity (Wildman–Crippen MR) is 90.4 cm³/mol. The lowest BCUT2D eigenvalue weighted by Crippen LogP contribution is -2.44. The van der Waals surface area contributed by atoms with Crippen LogP contribution in [0.3, 0.4) is 0 Å². The molecule has 1 heterocycles. The van der Waals surface area contributed by atoms with Crippen LogP contribution >= 0.6 is 0 Å². The van der Waals surface area contributed by atoms with E-state index in [0.717, 1.165) is 27.7 Å². The molecule has 5 nitrogen and oxygen atoms in total. The molecular formula is C18H24N2O3. The molecule has 0 aliphatic rings. The van der Waals surface area contributed by atoms with Gasteiger partial charge in [-0.1, -0.05) is 6.07 Å². The smallest absolute Gasteiger partial charge is 0.244 e. The molecule has 124 valence electrons. The van der Waals surface area contributed by atoms with Crippen molar-refractivity contribution >= 4 is 22.8 Å². The second-order valence-electron chi connectivity index (χ2n) is 6.30. The molecule has 5 heteroatoms. The number of carbonyl (C=O) groups excluding carboxylic acids is 2. The zero-order valence-electron chi connectivity index (χ0n) is 14.6. The van der Waals surface area contributed by atoms with Crippen molar-refractivity contribution in [3.63, 3.8) is 0 Å². The quantitative estimate of drug-likeness (QED) is 0.942. The summed E-state index contributed by atoms with van der Waals surface area (Å²) in [6.07, 6.45) is 1.84. The Labute approximate surface area is 136 Å². The maximum absolute atomic E-state index is 12.2. The Morgan fingerprint density at radius 2 is 1.87 bits per heavy atom. The molecule has 1 N–H and O–H groups in total. The molecule has 0 aliphatic heterocycles. The fourth-order valence-electron chi connectivity index (χ4n) is 2.83. The van der Waals surface area contributed by atoms with Crippen LogP contribution in [0.1, 0.15) is 29.2 Å². The van der Waals surface area contributed by atoms with Crippen molar-refractivity contribution in [2.45, 2.75) is 40.2 Å². The molecule has 0 bridgehead atoms. The zero-order valence-corrected chi connectivity index (χ0v) is 14.6. The molecule has 23 heavy (non-hydrogen) atoms. The fourth-order valence-corrected chi connectivity index (χ4v) is 2.83. The minimum absolute atomic E-state index is 0.127. The Morgan fingerprint density at radius 1 is 1.22 bits per heavy atom. The molecule has 2 rings (SSSR count). The summed E-state index contributed by atoms with van der Waals surface area (Å²) in [5.74, 6) is -0.314. The minimum Gasteiger partial charge on any atom is -0.464 e. The molecule has 0 unspecified atom stereocenters. The number of amides is 2. The largest absolute Gasteiger partial charge is 0.464 e. The summed E-state index contributed by atoms with van der Waals surface area (Å²) < 4.78 is 5.68. The van der Waals surface area contributed by atoms with E-state index in [1.54, 1.807) is 27.3 Å². The van der Waals surface area contributed by atoms with E-state index in [-0.39, 0.29) is 18.2 Å². The number of carbonyl (C=O) groups is 2. The first-order valence-electron chi connectivity index (χ1n) is 7.69. The zero-order chi connectivity index (χ0) is 17.3. The first-order valence-corrected chi connectivity index (χ1v) is 7.69. The highest BCUT2D eigenvalue weighted by Crippen LogP contribution is 2.30. The average Bonchev–Trinajstić information content (AvgIpc) is 2.87. The van der Waals surface area contributed by atoms with Crippen LogP contribution in [0.15, 0.2) is 16.7 Å². The Morgan fingerprint density at radius 3 is 2.48 bits per heavy atom. The van der Waals surface area contributed by atoms with Crippen LogP contribution in [0.4, 0.5) is 0 Å². The topological polar surface area (TPSA) is 62.6 Å². The van der Waals surface area contributed by atoms with Gasteiger partial charge in [0.05, 0.1) is 12.7 Å². The van der Waals surface area contributed by atoms with E-state index >= 15 is 0 Å². The third-order valence-corrected chi connectivity index (χ3v) is 4.17. The van der Waals surface area contributed by atoms with E-state index in [2.05, 4.69) is 11.4 Å². The molecule has 1 atom stereocenters. The van der Waals surface area contributed by atoms with Crippen LogP contribution in [0.2, 0.25) is 0 Å². The van der Waals surface area contributed by atoms with Crippen molar-refractivity contribution in [1.82, 2.24) is 10.2 Å². The van der Waals surface area contributed by atoms with Gasteiger partial charge >= 0.3 is 0 Å². The summed E-state index contributed by atoms with van der Waals surface area (Å²) in [5, 5.41) is 3.73. The van der Waals surface area contributed by atoms with Crippen molar-refractivity contribution < 1.29 is 14.0 Å². The van der Waals surface area contributed by atoms with Crippen molar-refractivity contribution in [1.29, 1.82) is 0 Å². The Bertz CT molecular complexity index is 759. The highest BCUT2D eigenvalue weighted by atomic mass is 16.3. The molecule has 2 amide bonds. The third kappa shape index (κ3) is 3.38. The van der Waals surface area contributed by atoms with Gasteiger partial charge in [-0.05, 0) is 44.4 Å². The first kappa shape index (κ1) is 17.1. The second-order valence-corrected chi connectivity index (χ2v) is 6.30. The molecule has 1 aromatic carbocycles. The standard InChI is InChI=1S/C18H24N2O3/c1-10-7-11(2)16-14(9-23-17(16)12(10)3)8-15(21)19-13(4)18(22)20(5)6/h7,9,13H,8H2,1-6H3,(H,19,21)/t13-/m1/s1. The van der Waals surface area contributed by atoms with Crippen LogP contribution in [0, 0.1) is 20.8 Å². The summed E-state index contributed by atoms with van der Waals surface area (Å²) in [4.78, 5) is 25.5. The van der Waals surface area contributed by atoms with Crippen LogP contribution < -0.4 is 5.32 Å². The predicted octanol–water partition coefficient (Wildman–Crippen LogP) is 2.49. The lowest BCUT2D eigenvalue weighted by atomic mass is 9.99. The summed E-state index contributed by atoms with van der Waals surface area (Å²) in [6.45, 7) is 7.77. The number of rotatable bonds is 4. The van der Waals surface area contributed by atoms with E-state index in [1.165, 1.54) is 10.5 Å². The Kier molecular flexibility index (Phi) is 4.78. The number of nitrogens with one attached hydrogen (secondary N) is 1. The summed E-state index contributed by atoms with van der Waals surface area (Å²) in [6, 6.07) is 1.56. The molecular weight excluding hydrogens is 292 g/mol. The van der Waals surface area contributed by atoms with E-state index in [4.69, 9.17) is 4.42 Å². The van der Waals surface area contributed by atoms with Crippen LogP contribution in [0.5, 0.6) is 0 Å². The Hall–Kier alpha value is -2.30. The van der Waals surface area contributed by atoms with Gasteiger partial charge in [-0.2, -0.15) is 0 Å². The van der Waals surface area contributed by atoms with Gasteiger partial charge in [-0.15, -0.1) is 0 Å². The van der Waals surface area contributed by atoms with E-state index in [9.17, 15) is 9.59 Å². The van der Waals surface area contributed by atoms with Gasteiger partial charge in [0.25, 0.3) is 0 Å². The number of hydrogen-bond donors (Lipinski definition) is 1. The van der Waals surface area contributed by atoms with Crippen LogP contribution in [-0.4, -0.2) is 36.9 Å². The van der Waals surface area contributed by atoms with Gasteiger partial charge in [-0.3, -0.25) is 9.59 Å². The highest BCUT2D eigenvalue weighted by Gasteiger charge is 2.19. The van der Waals surface area contributed by atoms with Crippen LogP contribution in [0.25, 0.3) is 11.0 Å². The number of furan rings is 1. The molecule has 0 saturated carbocycles. The van der Waals surface area contributed by atoms with E-state index in [0.29, 0.717) is 0 Å². The minimum atomic E-state index is -0.541. The second kappa shape index (κ2) is 6.44. The lowest BCUT2D eigenvalue weighted by Gasteiger charge is -2.17. The molecule has 0 saturated heterocycles. The normalized spacial score (nSPS) is 12.3. The summed E-state index contributed by atoms with van der Waals surface area (Å²) in [7, 11) is 3.34. The molecule has 0 radical (unpaired) electrons. The van der Waals surface area contributed by atoms with Gasteiger partial charge in [0.1, 0.15) is 11.6 Å². The summed E-state index contributed by atoms with van der Waals surface area (Å²) >= 11 is 0. The SMILES string of the molecule is Cc1cc(C)c2c(CC(=O)N[C@H](C)C(=O)N(C)C)coc2c1C. The maximum Gasteiger partial charge on any atom is 0.244 e. The van der Waals surface area contributed by atoms with Gasteiger partial charge in [0.15, 0.2) is 0 Å². The fraction of sp³-hybridized carbons (Fsp3) is 0.444. The van der Waals surface area contributed by atoms with Gasteiger partial charge in [0.2, 0.25) is 11.8 Å². The van der Waals surface area contributed by atoms with Crippen molar-refractivity contribution in [3.8, 4) is 0 Å². The van der Waals surface area contributed by atoms with Gasteiger partial charge in [0, 0.05) is 25.0 Å². The monoisotopic (exact) mass is 316 g/mol. The molecule has 0 aliphatic carbocycles.